The topological polar surface area (TPSA) is 138 Å². The van der Waals surface area contributed by atoms with E-state index < -0.39 is 29.4 Å². The zero-order valence-corrected chi connectivity index (χ0v) is 30.5. The van der Waals surface area contributed by atoms with E-state index in [9.17, 15) is 18.8 Å². The van der Waals surface area contributed by atoms with Crippen molar-refractivity contribution < 1.29 is 51.9 Å². The number of hydrogen-bond acceptors (Lipinski definition) is 10. The van der Waals surface area contributed by atoms with Gasteiger partial charge in [-0.2, -0.15) is 0 Å². The highest BCUT2D eigenvalue weighted by atomic mass is 79.9. The maximum Gasteiger partial charge on any atom is 0.437 e. The number of amides is 1. The first kappa shape index (κ1) is 38.7. The smallest absolute Gasteiger partial charge is 0.437 e. The van der Waals surface area contributed by atoms with Gasteiger partial charge >= 0.3 is 12.1 Å². The molecule has 0 aliphatic carbocycles. The molecule has 1 aromatic heterocycles. The van der Waals surface area contributed by atoms with Gasteiger partial charge in [0.25, 0.3) is 0 Å². The molecule has 15 heteroatoms. The quantitative estimate of drug-likeness (QED) is 0.150. The zero-order valence-electron chi connectivity index (χ0n) is 28.9. The molecule has 1 unspecified atom stereocenters. The van der Waals surface area contributed by atoms with Crippen molar-refractivity contribution >= 4 is 33.8 Å². The number of benzene rings is 2. The number of aromatic nitrogens is 2. The third-order valence-corrected chi connectivity index (χ3v) is 7.89. The van der Waals surface area contributed by atoms with E-state index >= 15 is 0 Å². The molecule has 1 atom stereocenters. The number of rotatable bonds is 16. The Morgan fingerprint density at radius 3 is 2.40 bits per heavy atom. The molecule has 1 aliphatic rings. The fraction of sp³-hybridized carbons (Fsp3) is 0.486. The third-order valence-electron chi connectivity index (χ3n) is 7.30. The maximum absolute atomic E-state index is 14.6. The molecular weight excluding hydrogens is 721 g/mol. The summed E-state index contributed by atoms with van der Waals surface area (Å²) in [7, 11) is 3.06. The van der Waals surface area contributed by atoms with Crippen LogP contribution in [0.5, 0.6) is 11.5 Å². The van der Waals surface area contributed by atoms with Crippen LogP contribution < -0.4 is 15.1 Å². The van der Waals surface area contributed by atoms with Crippen molar-refractivity contribution in [1.82, 2.24) is 9.13 Å². The molecule has 0 spiro atoms. The molecule has 3 aromatic rings. The van der Waals surface area contributed by atoms with Gasteiger partial charge in [-0.05, 0) is 78.5 Å². The fourth-order valence-electron chi connectivity index (χ4n) is 4.98. The minimum absolute atomic E-state index is 0.0622. The molecule has 0 N–H and O–H groups in total. The lowest BCUT2D eigenvalue weighted by Gasteiger charge is -2.26. The maximum atomic E-state index is 14.6. The van der Waals surface area contributed by atoms with Crippen LogP contribution >= 0.6 is 15.9 Å². The Bertz CT molecular complexity index is 1720. The Balaban J connectivity index is 1.31. The molecule has 2 heterocycles. The van der Waals surface area contributed by atoms with Crippen molar-refractivity contribution in [3.05, 3.63) is 75.3 Å². The molecule has 50 heavy (non-hydrogen) atoms. The van der Waals surface area contributed by atoms with Gasteiger partial charge < -0.3 is 42.3 Å². The Kier molecular flexibility index (Phi) is 14.2. The molecule has 0 saturated carbocycles. The van der Waals surface area contributed by atoms with Crippen LogP contribution in [0.3, 0.4) is 0 Å². The number of fused-ring (bicyclic) bond motifs is 1. The van der Waals surface area contributed by atoms with Crippen LogP contribution in [-0.4, -0.2) is 92.5 Å². The minimum Gasteiger partial charge on any atom is -0.491 e. The van der Waals surface area contributed by atoms with Gasteiger partial charge in [0.05, 0.1) is 69.2 Å². The molecule has 272 valence electrons. The molecule has 1 aliphatic heterocycles. The van der Waals surface area contributed by atoms with Gasteiger partial charge in [0.2, 0.25) is 5.62 Å². The number of carbonyl (C=O) groups is 3. The predicted molar refractivity (Wildman–Crippen MR) is 182 cm³/mol. The summed E-state index contributed by atoms with van der Waals surface area (Å²) in [5.74, 6) is -1.04. The molecule has 4 rings (SSSR count). The predicted octanol–water partition coefficient (Wildman–Crippen LogP) is 4.65. The number of halogens is 2. The Hall–Kier alpha value is -4.05. The largest absolute Gasteiger partial charge is 0.491 e. The molecular formula is C35H43BrFN3O10. The molecule has 0 bridgehead atoms. The number of ether oxygens (including phenoxy) is 7. The lowest BCUT2D eigenvalue weighted by molar-refractivity contribution is -0.146. The van der Waals surface area contributed by atoms with E-state index in [0.29, 0.717) is 54.2 Å². The summed E-state index contributed by atoms with van der Waals surface area (Å²) in [4.78, 5) is 41.3. The number of nitrogens with zero attached hydrogens (tertiary/aromatic N) is 3. The van der Waals surface area contributed by atoms with Crippen LogP contribution in [-0.2, 0) is 48.5 Å². The van der Waals surface area contributed by atoms with Crippen molar-refractivity contribution in [3.63, 3.8) is 0 Å². The first-order chi connectivity index (χ1) is 23.8. The molecule has 1 amide bonds. The highest BCUT2D eigenvalue weighted by Crippen LogP contribution is 2.37. The first-order valence-electron chi connectivity index (χ1n) is 16.0. The number of methoxy groups -OCH3 is 1. The molecule has 0 radical (unpaired) electrons. The molecule has 2 aromatic carbocycles. The fourth-order valence-corrected chi connectivity index (χ4v) is 5.60. The number of ketones is 1. The Morgan fingerprint density at radius 1 is 1.00 bits per heavy atom. The van der Waals surface area contributed by atoms with Gasteiger partial charge in [0, 0.05) is 19.4 Å². The summed E-state index contributed by atoms with van der Waals surface area (Å²) >= 11 is 3.55. The van der Waals surface area contributed by atoms with Crippen molar-refractivity contribution in [1.29, 1.82) is 0 Å². The molecule has 13 nitrogen and oxygen atoms in total. The highest BCUT2D eigenvalue weighted by Gasteiger charge is 2.31. The van der Waals surface area contributed by atoms with Crippen molar-refractivity contribution in [2.45, 2.75) is 39.3 Å². The lowest BCUT2D eigenvalue weighted by Crippen LogP contribution is -2.30. The highest BCUT2D eigenvalue weighted by molar-refractivity contribution is 9.10. The number of imidazole rings is 1. The van der Waals surface area contributed by atoms with Gasteiger partial charge in [-0.25, -0.2) is 14.0 Å². The summed E-state index contributed by atoms with van der Waals surface area (Å²) < 4.78 is 56.1. The first-order valence-corrected chi connectivity index (χ1v) is 16.8. The van der Waals surface area contributed by atoms with Crippen LogP contribution in [0, 0.1) is 11.7 Å². The standard InChI is InChI=1S/C35H43BrFN3O10/c1-35(2,3)50-34(43)38-33-39(4)8-9-40(33)20-24-17-26-31(42)25(21-49-32(26)27(36)18-24)16-23-6-7-28(37)29(19-23)48-15-14-46-11-10-45-12-13-47-22-30(41)44-5/h6-9,17-19,25H,10-16,20-22H2,1-5H3. The monoisotopic (exact) mass is 763 g/mol. The van der Waals surface area contributed by atoms with Crippen LogP contribution in [0.1, 0.15) is 42.3 Å². The number of Topliss-reactive ketones (excluding diaryl/α,β-unsaturated/α-hetero) is 1. The SMILES string of the molecule is COC(=O)COCCOCCOCCOc1cc(CC2COc3c(Br)cc(Cn4ccn(C)c4=NC(=O)OC(C)(C)C)cc3C2=O)ccc1F. The van der Waals surface area contributed by atoms with Gasteiger partial charge in [0.1, 0.15) is 24.6 Å². The summed E-state index contributed by atoms with van der Waals surface area (Å²) in [6, 6.07) is 8.19. The number of carbonyl (C=O) groups excluding carboxylic acids is 3. The number of esters is 1. The minimum atomic E-state index is -0.701. The second kappa shape index (κ2) is 18.3. The number of hydrogen-bond donors (Lipinski definition) is 0. The Labute approximate surface area is 298 Å². The average molecular weight is 765 g/mol. The molecule has 0 fully saturated rings. The van der Waals surface area contributed by atoms with E-state index in [4.69, 9.17) is 28.4 Å². The van der Waals surface area contributed by atoms with E-state index in [1.165, 1.54) is 13.2 Å². The average Bonchev–Trinajstić information content (AvgIpc) is 3.39. The summed E-state index contributed by atoms with van der Waals surface area (Å²) in [5.41, 5.74) is 1.65. The van der Waals surface area contributed by atoms with Crippen LogP contribution in [0.4, 0.5) is 9.18 Å². The van der Waals surface area contributed by atoms with Gasteiger partial charge in [-0.1, -0.05) is 6.07 Å². The van der Waals surface area contributed by atoms with Gasteiger partial charge in [0.15, 0.2) is 17.3 Å². The lowest BCUT2D eigenvalue weighted by atomic mass is 9.89. The third kappa shape index (κ3) is 11.5. The van der Waals surface area contributed by atoms with Crippen molar-refractivity contribution in [2.24, 2.45) is 18.0 Å². The normalized spacial score (nSPS) is 14.7. The second-order valence-corrected chi connectivity index (χ2v) is 13.3. The van der Waals surface area contributed by atoms with Crippen LogP contribution in [0.2, 0.25) is 0 Å². The summed E-state index contributed by atoms with van der Waals surface area (Å²) in [6.07, 6.45) is 3.19. The van der Waals surface area contributed by atoms with Gasteiger partial charge in [-0.3, -0.25) is 4.79 Å². The van der Waals surface area contributed by atoms with E-state index in [0.717, 1.165) is 11.1 Å². The second-order valence-electron chi connectivity index (χ2n) is 12.4. The van der Waals surface area contributed by atoms with Crippen molar-refractivity contribution in [3.8, 4) is 11.5 Å². The Morgan fingerprint density at radius 2 is 1.70 bits per heavy atom. The van der Waals surface area contributed by atoms with Gasteiger partial charge in [-0.15, -0.1) is 4.99 Å². The van der Waals surface area contributed by atoms with E-state index in [-0.39, 0.29) is 44.6 Å². The summed E-state index contributed by atoms with van der Waals surface area (Å²) in [5, 5.41) is 0. The van der Waals surface area contributed by atoms with E-state index in [1.807, 2.05) is 6.07 Å². The summed E-state index contributed by atoms with van der Waals surface area (Å²) in [6.45, 7) is 7.19. The van der Waals surface area contributed by atoms with Crippen LogP contribution in [0.15, 0.2) is 52.2 Å². The van der Waals surface area contributed by atoms with E-state index in [1.54, 1.807) is 67.5 Å². The number of aryl methyl sites for hydroxylation is 1. The van der Waals surface area contributed by atoms with Crippen molar-refractivity contribution in [2.75, 3.05) is 60.0 Å². The van der Waals surface area contributed by atoms with E-state index in [2.05, 4.69) is 25.7 Å². The van der Waals surface area contributed by atoms with Crippen LogP contribution in [0.25, 0.3) is 0 Å². The zero-order chi connectivity index (χ0) is 36.3. The molecule has 0 saturated heterocycles.